The SMILES string of the molecule is Cc1ccc(N2C(=O)C(=Cc3ccccc3)N=C2Sc2ccccc2)cc1. The molecule has 0 bridgehead atoms. The van der Waals surface area contributed by atoms with Crippen molar-refractivity contribution in [1.82, 2.24) is 0 Å². The Labute approximate surface area is 163 Å². The average Bonchev–Trinajstić information content (AvgIpc) is 2.99. The number of thioether (sulfide) groups is 1. The van der Waals surface area contributed by atoms with Crippen molar-refractivity contribution in [3.8, 4) is 0 Å². The van der Waals surface area contributed by atoms with Gasteiger partial charge in [0.05, 0.1) is 5.69 Å². The second kappa shape index (κ2) is 7.64. The molecule has 1 heterocycles. The quantitative estimate of drug-likeness (QED) is 0.568. The van der Waals surface area contributed by atoms with Crippen LogP contribution in [0, 0.1) is 6.92 Å². The van der Waals surface area contributed by atoms with E-state index in [-0.39, 0.29) is 5.91 Å². The molecule has 1 aliphatic heterocycles. The van der Waals surface area contributed by atoms with E-state index in [0.29, 0.717) is 10.9 Å². The van der Waals surface area contributed by atoms with Crippen molar-refractivity contribution in [2.24, 2.45) is 4.99 Å². The third-order valence-corrected chi connectivity index (χ3v) is 5.14. The smallest absolute Gasteiger partial charge is 0.266 e. The summed E-state index contributed by atoms with van der Waals surface area (Å²) in [6, 6.07) is 27.7. The van der Waals surface area contributed by atoms with Crippen LogP contribution in [0.1, 0.15) is 11.1 Å². The summed E-state index contributed by atoms with van der Waals surface area (Å²) in [5, 5.41) is 0.664. The van der Waals surface area contributed by atoms with Gasteiger partial charge in [-0.3, -0.25) is 9.69 Å². The normalized spacial score (nSPS) is 15.3. The number of aryl methyl sites for hydroxylation is 1. The summed E-state index contributed by atoms with van der Waals surface area (Å²) in [5.41, 5.74) is 3.38. The Kier molecular flexibility index (Phi) is 4.90. The molecule has 0 spiro atoms. The highest BCUT2D eigenvalue weighted by Crippen LogP contribution is 2.32. The molecule has 1 amide bonds. The molecule has 4 rings (SSSR count). The maximum Gasteiger partial charge on any atom is 0.283 e. The van der Waals surface area contributed by atoms with E-state index in [0.717, 1.165) is 21.7 Å². The van der Waals surface area contributed by atoms with Gasteiger partial charge in [-0.25, -0.2) is 4.99 Å². The molecule has 0 unspecified atom stereocenters. The molecule has 3 aromatic carbocycles. The van der Waals surface area contributed by atoms with E-state index in [9.17, 15) is 4.79 Å². The van der Waals surface area contributed by atoms with Crippen LogP contribution < -0.4 is 4.90 Å². The number of benzene rings is 3. The van der Waals surface area contributed by atoms with Crippen molar-refractivity contribution >= 4 is 34.6 Å². The predicted molar refractivity (Wildman–Crippen MR) is 113 cm³/mol. The van der Waals surface area contributed by atoms with E-state index in [1.54, 1.807) is 4.90 Å². The van der Waals surface area contributed by atoms with Gasteiger partial charge in [-0.2, -0.15) is 0 Å². The first-order valence-electron chi connectivity index (χ1n) is 8.70. The summed E-state index contributed by atoms with van der Waals surface area (Å²) in [6.07, 6.45) is 1.84. The van der Waals surface area contributed by atoms with Gasteiger partial charge < -0.3 is 0 Å². The molecular weight excluding hydrogens is 352 g/mol. The minimum Gasteiger partial charge on any atom is -0.266 e. The van der Waals surface area contributed by atoms with Gasteiger partial charge in [-0.15, -0.1) is 0 Å². The van der Waals surface area contributed by atoms with Crippen LogP contribution in [0.2, 0.25) is 0 Å². The van der Waals surface area contributed by atoms with E-state index in [4.69, 9.17) is 0 Å². The lowest BCUT2D eigenvalue weighted by Gasteiger charge is -2.18. The molecule has 0 radical (unpaired) electrons. The van der Waals surface area contributed by atoms with Crippen LogP contribution in [0.3, 0.4) is 0 Å². The fourth-order valence-electron chi connectivity index (χ4n) is 2.79. The molecule has 0 saturated heterocycles. The van der Waals surface area contributed by atoms with Crippen LogP contribution >= 0.6 is 11.8 Å². The first-order valence-corrected chi connectivity index (χ1v) is 9.52. The Morgan fingerprint density at radius 2 is 1.48 bits per heavy atom. The van der Waals surface area contributed by atoms with Gasteiger partial charge in [0.1, 0.15) is 5.70 Å². The predicted octanol–water partition coefficient (Wildman–Crippen LogP) is 5.53. The molecule has 3 nitrogen and oxygen atoms in total. The lowest BCUT2D eigenvalue weighted by atomic mass is 10.2. The largest absolute Gasteiger partial charge is 0.283 e. The topological polar surface area (TPSA) is 32.7 Å². The number of carbonyl (C=O) groups is 1. The fourth-order valence-corrected chi connectivity index (χ4v) is 3.72. The molecule has 0 atom stereocenters. The zero-order valence-corrected chi connectivity index (χ0v) is 15.7. The summed E-state index contributed by atoms with van der Waals surface area (Å²) in [4.78, 5) is 20.5. The first-order chi connectivity index (χ1) is 13.2. The molecule has 27 heavy (non-hydrogen) atoms. The number of aliphatic imine (C=N–C) groups is 1. The van der Waals surface area contributed by atoms with Crippen LogP contribution in [-0.2, 0) is 4.79 Å². The first kappa shape index (κ1) is 17.3. The molecule has 1 aliphatic rings. The Balaban J connectivity index is 1.74. The number of nitrogens with zero attached hydrogens (tertiary/aromatic N) is 2. The zero-order chi connectivity index (χ0) is 18.6. The lowest BCUT2D eigenvalue weighted by molar-refractivity contribution is -0.113. The number of hydrogen-bond donors (Lipinski definition) is 0. The molecule has 4 heteroatoms. The Hall–Kier alpha value is -3.11. The third-order valence-electron chi connectivity index (χ3n) is 4.18. The average molecular weight is 370 g/mol. The summed E-state index contributed by atoms with van der Waals surface area (Å²) in [6.45, 7) is 2.03. The van der Waals surface area contributed by atoms with Crippen LogP contribution in [0.5, 0.6) is 0 Å². The third kappa shape index (κ3) is 3.86. The van der Waals surface area contributed by atoms with Crippen LogP contribution in [0.15, 0.2) is 101 Å². The molecule has 0 aliphatic carbocycles. The maximum absolute atomic E-state index is 13.1. The van der Waals surface area contributed by atoms with E-state index in [1.807, 2.05) is 97.9 Å². The van der Waals surface area contributed by atoms with Crippen molar-refractivity contribution in [1.29, 1.82) is 0 Å². The van der Waals surface area contributed by atoms with Gasteiger partial charge in [0.2, 0.25) is 0 Å². The van der Waals surface area contributed by atoms with Gasteiger partial charge in [0.15, 0.2) is 5.17 Å². The fraction of sp³-hybridized carbons (Fsp3) is 0.0435. The number of carbonyl (C=O) groups excluding carboxylic acids is 1. The van der Waals surface area contributed by atoms with Crippen molar-refractivity contribution in [3.63, 3.8) is 0 Å². The van der Waals surface area contributed by atoms with Gasteiger partial charge in [0.25, 0.3) is 5.91 Å². The summed E-state index contributed by atoms with van der Waals surface area (Å²) >= 11 is 1.49. The minimum absolute atomic E-state index is 0.110. The highest BCUT2D eigenvalue weighted by molar-refractivity contribution is 8.14. The van der Waals surface area contributed by atoms with E-state index in [1.165, 1.54) is 11.8 Å². The Bertz CT molecular complexity index is 1010. The second-order valence-electron chi connectivity index (χ2n) is 6.23. The molecule has 0 fully saturated rings. The van der Waals surface area contributed by atoms with Gasteiger partial charge >= 0.3 is 0 Å². The monoisotopic (exact) mass is 370 g/mol. The van der Waals surface area contributed by atoms with E-state index in [2.05, 4.69) is 4.99 Å². The highest BCUT2D eigenvalue weighted by atomic mass is 32.2. The Morgan fingerprint density at radius 1 is 0.852 bits per heavy atom. The van der Waals surface area contributed by atoms with E-state index >= 15 is 0 Å². The van der Waals surface area contributed by atoms with Crippen LogP contribution in [0.4, 0.5) is 5.69 Å². The summed E-state index contributed by atoms with van der Waals surface area (Å²) < 4.78 is 0. The number of hydrogen-bond acceptors (Lipinski definition) is 3. The number of amides is 1. The van der Waals surface area contributed by atoms with Crippen molar-refractivity contribution < 1.29 is 4.79 Å². The van der Waals surface area contributed by atoms with Crippen LogP contribution in [0.25, 0.3) is 6.08 Å². The number of amidine groups is 1. The summed E-state index contributed by atoms with van der Waals surface area (Å²) in [7, 11) is 0. The molecule has 132 valence electrons. The van der Waals surface area contributed by atoms with Crippen LogP contribution in [-0.4, -0.2) is 11.1 Å². The summed E-state index contributed by atoms with van der Waals surface area (Å²) in [5.74, 6) is -0.110. The Morgan fingerprint density at radius 3 is 2.15 bits per heavy atom. The van der Waals surface area contributed by atoms with Gasteiger partial charge in [-0.05, 0) is 42.8 Å². The zero-order valence-electron chi connectivity index (χ0n) is 14.9. The molecule has 0 N–H and O–H groups in total. The van der Waals surface area contributed by atoms with Crippen molar-refractivity contribution in [2.75, 3.05) is 4.90 Å². The van der Waals surface area contributed by atoms with Crippen molar-refractivity contribution in [3.05, 3.63) is 102 Å². The second-order valence-corrected chi connectivity index (χ2v) is 7.27. The molecular formula is C23H18N2OS. The van der Waals surface area contributed by atoms with Gasteiger partial charge in [0, 0.05) is 4.90 Å². The van der Waals surface area contributed by atoms with E-state index < -0.39 is 0 Å². The standard InChI is InChI=1S/C23H18N2OS/c1-17-12-14-19(15-13-17)25-22(26)21(16-18-8-4-2-5-9-18)24-23(25)27-20-10-6-3-7-11-20/h2-16H,1H3. The minimum atomic E-state index is -0.110. The maximum atomic E-state index is 13.1. The molecule has 0 saturated carbocycles. The number of rotatable bonds is 3. The molecule has 3 aromatic rings. The lowest BCUT2D eigenvalue weighted by Crippen LogP contribution is -2.30. The highest BCUT2D eigenvalue weighted by Gasteiger charge is 2.32. The van der Waals surface area contributed by atoms with Gasteiger partial charge in [-0.1, -0.05) is 78.0 Å². The van der Waals surface area contributed by atoms with Crippen molar-refractivity contribution in [2.45, 2.75) is 11.8 Å². The number of anilines is 1. The molecule has 0 aromatic heterocycles.